The highest BCUT2D eigenvalue weighted by molar-refractivity contribution is 7.99. The van der Waals surface area contributed by atoms with Gasteiger partial charge in [0.1, 0.15) is 22.6 Å². The van der Waals surface area contributed by atoms with Crippen LogP contribution in [0.1, 0.15) is 13.3 Å². The number of rotatable bonds is 12. The van der Waals surface area contributed by atoms with Crippen LogP contribution in [0.15, 0.2) is 52.1 Å². The molecule has 1 aromatic heterocycles. The predicted molar refractivity (Wildman–Crippen MR) is 133 cm³/mol. The highest BCUT2D eigenvalue weighted by Crippen LogP contribution is 2.37. The topological polar surface area (TPSA) is 71.3 Å². The van der Waals surface area contributed by atoms with E-state index in [1.54, 1.807) is 28.6 Å². The lowest BCUT2D eigenvalue weighted by Gasteiger charge is -2.13. The number of hydrogen-bond acceptors (Lipinski definition) is 7. The van der Waals surface area contributed by atoms with Gasteiger partial charge in [0.05, 0.1) is 28.9 Å². The van der Waals surface area contributed by atoms with Gasteiger partial charge in [0, 0.05) is 18.6 Å². The zero-order chi connectivity index (χ0) is 23.6. The van der Waals surface area contributed by atoms with E-state index < -0.39 is 0 Å². The minimum Gasteiger partial charge on any atom is -0.493 e. The molecule has 2 aromatic carbocycles. The molecule has 0 radical (unpaired) electrons. The van der Waals surface area contributed by atoms with Gasteiger partial charge in [-0.1, -0.05) is 65.1 Å². The fraction of sp³-hybridized carbons (Fsp3) is 0.286. The normalized spacial score (nSPS) is 10.7. The van der Waals surface area contributed by atoms with Gasteiger partial charge in [-0.05, 0) is 46.5 Å². The molecule has 0 aliphatic carbocycles. The minimum absolute atomic E-state index is 0.123. The lowest BCUT2D eigenvalue weighted by atomic mass is 10.3. The van der Waals surface area contributed by atoms with E-state index in [1.807, 2.05) is 24.3 Å². The molecule has 0 spiro atoms. The summed E-state index contributed by atoms with van der Waals surface area (Å²) < 4.78 is 18.8. The van der Waals surface area contributed by atoms with Crippen molar-refractivity contribution in [3.8, 4) is 22.9 Å². The van der Waals surface area contributed by atoms with E-state index in [9.17, 15) is 0 Å². The van der Waals surface area contributed by atoms with Crippen molar-refractivity contribution in [1.29, 1.82) is 0 Å². The van der Waals surface area contributed by atoms with Gasteiger partial charge in [-0.3, -0.25) is 0 Å². The number of thioether (sulfide) groups is 1. The van der Waals surface area contributed by atoms with Crippen LogP contribution in [0.25, 0.3) is 5.69 Å². The number of ether oxygens (including phenoxy) is 3. The van der Waals surface area contributed by atoms with E-state index in [0.29, 0.717) is 41.2 Å². The van der Waals surface area contributed by atoms with Crippen LogP contribution in [0.3, 0.4) is 0 Å². The summed E-state index contributed by atoms with van der Waals surface area (Å²) >= 11 is 25.2. The SMILES string of the molecule is CCSc1nnnn1-c1ccc(OCCCOc2c(Cl)cc(OCC=C(Cl)Cl)cc2Cl)cc1. The molecule has 0 amide bonds. The van der Waals surface area contributed by atoms with E-state index in [2.05, 4.69) is 22.4 Å². The number of nitrogens with zero attached hydrogens (tertiary/aromatic N) is 4. The average Bonchev–Trinajstić information content (AvgIpc) is 3.24. The van der Waals surface area contributed by atoms with Crippen LogP contribution in [-0.4, -0.2) is 45.8 Å². The predicted octanol–water partition coefficient (Wildman–Crippen LogP) is 6.63. The van der Waals surface area contributed by atoms with Crippen molar-refractivity contribution < 1.29 is 14.2 Å². The standard InChI is InChI=1S/C21H20Cl4N4O3S/c1-2-33-21-26-27-28-29(21)14-4-6-15(7-5-14)30-9-3-10-32-20-17(22)12-16(13-18(20)23)31-11-8-19(24)25/h4-8,12-13H,2-3,9-11H2,1H3. The van der Waals surface area contributed by atoms with Gasteiger partial charge in [-0.2, -0.15) is 4.68 Å². The second-order valence-corrected chi connectivity index (χ2v) is 9.42. The second kappa shape index (κ2) is 13.2. The van der Waals surface area contributed by atoms with Crippen molar-refractivity contribution in [3.05, 3.63) is 57.0 Å². The zero-order valence-corrected chi connectivity index (χ0v) is 21.4. The zero-order valence-electron chi connectivity index (χ0n) is 17.5. The highest BCUT2D eigenvalue weighted by atomic mass is 35.5. The highest BCUT2D eigenvalue weighted by Gasteiger charge is 2.11. The van der Waals surface area contributed by atoms with Crippen molar-refractivity contribution in [2.45, 2.75) is 18.5 Å². The smallest absolute Gasteiger partial charge is 0.214 e. The molecule has 33 heavy (non-hydrogen) atoms. The van der Waals surface area contributed by atoms with Crippen molar-refractivity contribution in [2.75, 3.05) is 25.6 Å². The third-order valence-corrected chi connectivity index (χ3v) is 5.73. The van der Waals surface area contributed by atoms with E-state index >= 15 is 0 Å². The van der Waals surface area contributed by atoms with Crippen LogP contribution < -0.4 is 14.2 Å². The first-order chi connectivity index (χ1) is 16.0. The first kappa shape index (κ1) is 25.8. The summed E-state index contributed by atoms with van der Waals surface area (Å²) in [5.41, 5.74) is 0.866. The minimum atomic E-state index is 0.123. The molecule has 12 heteroatoms. The van der Waals surface area contributed by atoms with Gasteiger partial charge in [0.15, 0.2) is 5.75 Å². The molecule has 0 saturated heterocycles. The largest absolute Gasteiger partial charge is 0.493 e. The second-order valence-electron chi connectivity index (χ2n) is 6.37. The summed E-state index contributed by atoms with van der Waals surface area (Å²) in [6, 6.07) is 10.8. The summed E-state index contributed by atoms with van der Waals surface area (Å²) in [5, 5.41) is 13.2. The maximum atomic E-state index is 6.27. The Morgan fingerprint density at radius 1 is 1.00 bits per heavy atom. The molecule has 1 heterocycles. The van der Waals surface area contributed by atoms with Crippen molar-refractivity contribution >= 4 is 58.2 Å². The van der Waals surface area contributed by atoms with Crippen molar-refractivity contribution in [2.24, 2.45) is 0 Å². The Balaban J connectivity index is 1.45. The van der Waals surface area contributed by atoms with Gasteiger partial charge < -0.3 is 14.2 Å². The third kappa shape index (κ3) is 7.86. The Labute approximate surface area is 215 Å². The Morgan fingerprint density at radius 2 is 1.70 bits per heavy atom. The van der Waals surface area contributed by atoms with E-state index in [-0.39, 0.29) is 11.1 Å². The molecule has 0 aliphatic heterocycles. The lowest BCUT2D eigenvalue weighted by Crippen LogP contribution is -2.06. The van der Waals surface area contributed by atoms with Crippen LogP contribution in [-0.2, 0) is 0 Å². The summed E-state index contributed by atoms with van der Waals surface area (Å²) in [6.45, 7) is 3.09. The van der Waals surface area contributed by atoms with Crippen LogP contribution in [0.4, 0.5) is 0 Å². The average molecular weight is 550 g/mol. The van der Waals surface area contributed by atoms with Gasteiger partial charge in [-0.25, -0.2) is 0 Å². The maximum Gasteiger partial charge on any atom is 0.214 e. The fourth-order valence-electron chi connectivity index (χ4n) is 2.63. The number of tetrazole rings is 1. The summed E-state index contributed by atoms with van der Waals surface area (Å²) in [5.74, 6) is 2.50. The Bertz CT molecular complexity index is 1050. The monoisotopic (exact) mass is 548 g/mol. The molecular formula is C21H20Cl4N4O3S. The quantitative estimate of drug-likeness (QED) is 0.185. The molecule has 0 unspecified atom stereocenters. The van der Waals surface area contributed by atoms with Gasteiger partial charge >= 0.3 is 0 Å². The Morgan fingerprint density at radius 3 is 2.36 bits per heavy atom. The van der Waals surface area contributed by atoms with Crippen molar-refractivity contribution in [1.82, 2.24) is 20.2 Å². The molecule has 176 valence electrons. The molecule has 0 saturated carbocycles. The lowest BCUT2D eigenvalue weighted by molar-refractivity contribution is 0.247. The van der Waals surface area contributed by atoms with Crippen LogP contribution in [0.2, 0.25) is 10.0 Å². The van der Waals surface area contributed by atoms with Gasteiger partial charge in [-0.15, -0.1) is 5.10 Å². The molecule has 3 aromatic rings. The van der Waals surface area contributed by atoms with Gasteiger partial charge in [0.25, 0.3) is 0 Å². The maximum absolute atomic E-state index is 6.27. The molecular weight excluding hydrogens is 530 g/mol. The molecule has 0 N–H and O–H groups in total. The van der Waals surface area contributed by atoms with E-state index in [4.69, 9.17) is 60.6 Å². The van der Waals surface area contributed by atoms with Gasteiger partial charge in [0.2, 0.25) is 5.16 Å². The third-order valence-electron chi connectivity index (χ3n) is 4.06. The molecule has 0 aliphatic rings. The molecule has 0 atom stereocenters. The van der Waals surface area contributed by atoms with Crippen LogP contribution >= 0.6 is 58.2 Å². The fourth-order valence-corrected chi connectivity index (χ4v) is 3.94. The number of hydrogen-bond donors (Lipinski definition) is 0. The molecule has 0 fully saturated rings. The summed E-state index contributed by atoms with van der Waals surface area (Å²) in [7, 11) is 0. The summed E-state index contributed by atoms with van der Waals surface area (Å²) in [6.07, 6.45) is 2.15. The molecule has 0 bridgehead atoms. The van der Waals surface area contributed by atoms with Crippen molar-refractivity contribution in [3.63, 3.8) is 0 Å². The molecule has 7 nitrogen and oxygen atoms in total. The van der Waals surface area contributed by atoms with Crippen LogP contribution in [0, 0.1) is 0 Å². The number of aromatic nitrogens is 4. The van der Waals surface area contributed by atoms with E-state index in [1.165, 1.54) is 6.08 Å². The summed E-state index contributed by atoms with van der Waals surface area (Å²) in [4.78, 5) is 0. The van der Waals surface area contributed by atoms with E-state index in [0.717, 1.165) is 22.3 Å². The Hall–Kier alpha value is -1.84. The Kier molecular flexibility index (Phi) is 10.3. The number of halogens is 4. The molecule has 3 rings (SSSR count). The first-order valence-electron chi connectivity index (χ1n) is 9.88. The first-order valence-corrected chi connectivity index (χ1v) is 12.4. The van der Waals surface area contributed by atoms with Crippen LogP contribution in [0.5, 0.6) is 17.2 Å². The number of benzene rings is 2.